The first-order valence-electron chi connectivity index (χ1n) is 10.1. The van der Waals surface area contributed by atoms with Crippen LogP contribution in [-0.2, 0) is 26.4 Å². The second-order valence-corrected chi connectivity index (χ2v) is 9.48. The standard InChI is InChI=1S/C22H21F2N2O5P/c23-19-8-4-16(12-20(19)24)22-17(13-25-31-22)5-9-21(27)26-18-6-2-15(3-7-18)14-32(28)29-10-1-11-30-32/h2-4,6-8,12-13,28H,1,5,9-11,14H2/p+1. The Morgan fingerprint density at radius 3 is 2.56 bits per heavy atom. The van der Waals surface area contributed by atoms with Gasteiger partial charge in [0.2, 0.25) is 5.91 Å². The Kier molecular flexibility index (Phi) is 6.91. The molecule has 0 spiro atoms. The smallest absolute Gasteiger partial charge is 0.356 e. The molecule has 1 fully saturated rings. The highest BCUT2D eigenvalue weighted by atomic mass is 31.2. The third kappa shape index (κ3) is 5.55. The zero-order valence-corrected chi connectivity index (χ0v) is 18.0. The van der Waals surface area contributed by atoms with Crippen molar-refractivity contribution in [2.24, 2.45) is 0 Å². The van der Waals surface area contributed by atoms with E-state index in [9.17, 15) is 18.5 Å². The number of hydrogen-bond donors (Lipinski definition) is 2. The zero-order chi connectivity index (χ0) is 22.6. The molecule has 7 nitrogen and oxygen atoms in total. The van der Waals surface area contributed by atoms with E-state index >= 15 is 0 Å². The van der Waals surface area contributed by atoms with Crippen LogP contribution in [0, 0.1) is 11.6 Å². The van der Waals surface area contributed by atoms with E-state index < -0.39 is 19.6 Å². The Bertz CT molecular complexity index is 1080. The normalized spacial score (nSPS) is 15.5. The zero-order valence-electron chi connectivity index (χ0n) is 17.1. The molecular weight excluding hydrogens is 441 g/mol. The van der Waals surface area contributed by atoms with E-state index in [1.165, 1.54) is 12.3 Å². The molecule has 0 unspecified atom stereocenters. The molecule has 2 N–H and O–H groups in total. The van der Waals surface area contributed by atoms with Crippen molar-refractivity contribution in [3.8, 4) is 11.3 Å². The lowest BCUT2D eigenvalue weighted by atomic mass is 10.0. The van der Waals surface area contributed by atoms with Crippen molar-refractivity contribution >= 4 is 19.5 Å². The van der Waals surface area contributed by atoms with Gasteiger partial charge < -0.3 is 9.84 Å². The number of amides is 1. The Morgan fingerprint density at radius 2 is 1.84 bits per heavy atom. The molecule has 3 aromatic rings. The van der Waals surface area contributed by atoms with E-state index in [4.69, 9.17) is 13.6 Å². The van der Waals surface area contributed by atoms with Gasteiger partial charge in [0.05, 0.1) is 19.4 Å². The lowest BCUT2D eigenvalue weighted by molar-refractivity contribution is -0.116. The van der Waals surface area contributed by atoms with Gasteiger partial charge in [-0.25, -0.2) is 8.78 Å². The lowest BCUT2D eigenvalue weighted by Gasteiger charge is -2.21. The molecule has 0 aliphatic carbocycles. The van der Waals surface area contributed by atoms with Gasteiger partial charge in [0.25, 0.3) is 0 Å². The Balaban J connectivity index is 1.32. The molecule has 1 amide bonds. The average molecular weight is 463 g/mol. The van der Waals surface area contributed by atoms with Crippen LogP contribution < -0.4 is 5.32 Å². The molecule has 32 heavy (non-hydrogen) atoms. The summed E-state index contributed by atoms with van der Waals surface area (Å²) in [6, 6.07) is 10.5. The third-order valence-electron chi connectivity index (χ3n) is 4.94. The first-order chi connectivity index (χ1) is 15.4. The van der Waals surface area contributed by atoms with Crippen LogP contribution in [0.15, 0.2) is 53.2 Å². The minimum absolute atomic E-state index is 0.145. The fraction of sp³-hybridized carbons (Fsp3) is 0.273. The second-order valence-electron chi connectivity index (χ2n) is 7.37. The summed E-state index contributed by atoms with van der Waals surface area (Å²) >= 11 is 0. The van der Waals surface area contributed by atoms with E-state index in [2.05, 4.69) is 10.5 Å². The van der Waals surface area contributed by atoms with Crippen LogP contribution in [0.3, 0.4) is 0 Å². The van der Waals surface area contributed by atoms with Crippen LogP contribution in [0.5, 0.6) is 0 Å². The van der Waals surface area contributed by atoms with Gasteiger partial charge in [-0.3, -0.25) is 4.79 Å². The van der Waals surface area contributed by atoms with Gasteiger partial charge in [-0.15, -0.1) is 0 Å². The molecule has 2 heterocycles. The molecular formula is C22H22F2N2O5P+. The van der Waals surface area contributed by atoms with Gasteiger partial charge in [0.15, 0.2) is 23.6 Å². The lowest BCUT2D eigenvalue weighted by Crippen LogP contribution is -2.14. The summed E-state index contributed by atoms with van der Waals surface area (Å²) in [6.45, 7) is 0.977. The number of hydrogen-bond acceptors (Lipinski definition) is 6. The topological polar surface area (TPSA) is 93.8 Å². The highest BCUT2D eigenvalue weighted by molar-refractivity contribution is 7.59. The fourth-order valence-corrected chi connectivity index (χ4v) is 5.07. The highest BCUT2D eigenvalue weighted by Crippen LogP contribution is 2.61. The summed E-state index contributed by atoms with van der Waals surface area (Å²) in [4.78, 5) is 22.7. The predicted molar refractivity (Wildman–Crippen MR) is 115 cm³/mol. The van der Waals surface area contributed by atoms with Gasteiger partial charge >= 0.3 is 7.94 Å². The summed E-state index contributed by atoms with van der Waals surface area (Å²) in [6.07, 6.45) is 2.98. The summed E-state index contributed by atoms with van der Waals surface area (Å²) in [5.74, 6) is -1.85. The van der Waals surface area contributed by atoms with E-state index in [0.29, 0.717) is 48.4 Å². The van der Waals surface area contributed by atoms with E-state index in [1.807, 2.05) is 0 Å². The molecule has 10 heteroatoms. The van der Waals surface area contributed by atoms with Gasteiger partial charge in [0.1, 0.15) is 0 Å². The SMILES string of the molecule is O=C(CCc1cnoc1-c1ccc(F)c(F)c1)Nc1ccc(C[P+]2(O)OCCCO2)cc1. The molecule has 0 radical (unpaired) electrons. The molecule has 1 saturated heterocycles. The van der Waals surface area contributed by atoms with Crippen molar-refractivity contribution in [3.63, 3.8) is 0 Å². The van der Waals surface area contributed by atoms with Crippen molar-refractivity contribution in [1.29, 1.82) is 0 Å². The second kappa shape index (κ2) is 9.83. The minimum Gasteiger partial charge on any atom is -0.356 e. The van der Waals surface area contributed by atoms with Gasteiger partial charge in [-0.05, 0) is 42.3 Å². The number of nitrogens with one attached hydrogen (secondary N) is 1. The molecule has 0 saturated carbocycles. The number of anilines is 1. The quantitative estimate of drug-likeness (QED) is 0.485. The maximum absolute atomic E-state index is 13.5. The third-order valence-corrected chi connectivity index (χ3v) is 6.88. The summed E-state index contributed by atoms with van der Waals surface area (Å²) in [5, 5.41) is 6.52. The van der Waals surface area contributed by atoms with Crippen LogP contribution >= 0.6 is 7.94 Å². The number of carbonyl (C=O) groups is 1. The van der Waals surface area contributed by atoms with E-state index in [0.717, 1.165) is 24.1 Å². The highest BCUT2D eigenvalue weighted by Gasteiger charge is 2.43. The average Bonchev–Trinajstić information content (AvgIpc) is 3.25. The summed E-state index contributed by atoms with van der Waals surface area (Å²) in [7, 11) is -2.85. The largest absolute Gasteiger partial charge is 0.413 e. The number of carbonyl (C=O) groups excluding carboxylic acids is 1. The molecule has 4 rings (SSSR count). The molecule has 0 bridgehead atoms. The Morgan fingerprint density at radius 1 is 1.09 bits per heavy atom. The Hall–Kier alpha value is -2.71. The fourth-order valence-electron chi connectivity index (χ4n) is 3.31. The van der Waals surface area contributed by atoms with Crippen LogP contribution in [-0.4, -0.2) is 29.2 Å². The van der Waals surface area contributed by atoms with Crippen molar-refractivity contribution < 1.29 is 32.0 Å². The van der Waals surface area contributed by atoms with Gasteiger partial charge in [0, 0.05) is 29.7 Å². The van der Waals surface area contributed by atoms with Crippen LogP contribution in [0.1, 0.15) is 24.0 Å². The molecule has 2 aromatic carbocycles. The maximum Gasteiger partial charge on any atom is 0.413 e. The number of rotatable bonds is 7. The number of nitrogens with zero attached hydrogens (tertiary/aromatic N) is 1. The van der Waals surface area contributed by atoms with E-state index in [-0.39, 0.29) is 12.3 Å². The first kappa shape index (κ1) is 22.5. The minimum atomic E-state index is -2.85. The van der Waals surface area contributed by atoms with Crippen molar-refractivity contribution in [2.75, 3.05) is 18.5 Å². The van der Waals surface area contributed by atoms with Gasteiger partial charge in [-0.1, -0.05) is 17.3 Å². The predicted octanol–water partition coefficient (Wildman–Crippen LogP) is 4.88. The molecule has 1 aliphatic rings. The van der Waals surface area contributed by atoms with E-state index in [1.54, 1.807) is 24.3 Å². The number of aromatic nitrogens is 1. The monoisotopic (exact) mass is 463 g/mol. The first-order valence-corrected chi connectivity index (χ1v) is 11.9. The van der Waals surface area contributed by atoms with Crippen molar-refractivity contribution in [1.82, 2.24) is 5.16 Å². The van der Waals surface area contributed by atoms with Crippen LogP contribution in [0.2, 0.25) is 0 Å². The maximum atomic E-state index is 13.5. The molecule has 1 aromatic heterocycles. The molecule has 168 valence electrons. The number of benzene rings is 2. The number of aryl methyl sites for hydroxylation is 1. The van der Waals surface area contributed by atoms with Crippen molar-refractivity contribution in [3.05, 3.63) is 71.4 Å². The van der Waals surface area contributed by atoms with Crippen LogP contribution in [0.4, 0.5) is 14.5 Å². The van der Waals surface area contributed by atoms with Crippen LogP contribution in [0.25, 0.3) is 11.3 Å². The molecule has 1 aliphatic heterocycles. The Labute approximate surface area is 183 Å². The van der Waals surface area contributed by atoms with Gasteiger partial charge in [-0.2, -0.15) is 13.9 Å². The number of halogens is 2. The summed E-state index contributed by atoms with van der Waals surface area (Å²) in [5.41, 5.74) is 2.43. The van der Waals surface area contributed by atoms with Crippen molar-refractivity contribution in [2.45, 2.75) is 25.4 Å². The molecule has 0 atom stereocenters. The summed E-state index contributed by atoms with van der Waals surface area (Å²) < 4.78 is 42.7.